The zero-order valence-corrected chi connectivity index (χ0v) is 8.40. The molecule has 0 rings (SSSR count). The lowest BCUT2D eigenvalue weighted by atomic mass is 10.4. The fourth-order valence-electron chi connectivity index (χ4n) is 0.899. The van der Waals surface area contributed by atoms with Gasteiger partial charge >= 0.3 is 5.97 Å². The maximum absolute atomic E-state index is 11.4. The zero-order chi connectivity index (χ0) is 11.7. The number of carbonyl (C=O) groups is 2. The molecule has 0 aromatic rings. The second kappa shape index (κ2) is 7.59. The normalized spacial score (nSPS) is 9.00. The van der Waals surface area contributed by atoms with Crippen LogP contribution in [-0.2, 0) is 9.59 Å². The number of carboxylic acids is 1. The third kappa shape index (κ3) is 6.29. The van der Waals surface area contributed by atoms with Crippen molar-refractivity contribution in [1.82, 2.24) is 10.2 Å². The highest BCUT2D eigenvalue weighted by molar-refractivity contribution is 5.83. The molecular weight excluding hydrogens is 196 g/mol. The number of hydrogen-bond donors (Lipinski definition) is 2. The first-order valence-electron chi connectivity index (χ1n) is 4.36. The van der Waals surface area contributed by atoms with Crippen molar-refractivity contribution in [3.05, 3.63) is 12.7 Å². The van der Waals surface area contributed by atoms with Crippen LogP contribution in [0.3, 0.4) is 0 Å². The summed E-state index contributed by atoms with van der Waals surface area (Å²) in [5.74, 6) is 0.821. The van der Waals surface area contributed by atoms with E-state index in [1.165, 1.54) is 0 Å². The molecule has 0 fully saturated rings. The molecule has 1 amide bonds. The van der Waals surface area contributed by atoms with Crippen molar-refractivity contribution in [2.75, 3.05) is 26.2 Å². The Kier molecular flexibility index (Phi) is 6.68. The Morgan fingerprint density at radius 2 is 2.27 bits per heavy atom. The van der Waals surface area contributed by atoms with E-state index in [0.29, 0.717) is 6.54 Å². The molecule has 0 saturated carbocycles. The molecule has 0 aliphatic heterocycles. The van der Waals surface area contributed by atoms with Crippen LogP contribution in [0.4, 0.5) is 0 Å². The van der Waals surface area contributed by atoms with Gasteiger partial charge in [0, 0.05) is 6.54 Å². The highest BCUT2D eigenvalue weighted by atomic mass is 16.4. The molecule has 0 bridgehead atoms. The fraction of sp³-hybridized carbons (Fsp3) is 0.400. The van der Waals surface area contributed by atoms with E-state index in [4.69, 9.17) is 11.5 Å². The van der Waals surface area contributed by atoms with Gasteiger partial charge in [0.1, 0.15) is 6.54 Å². The van der Waals surface area contributed by atoms with Gasteiger partial charge in [-0.25, -0.2) is 0 Å². The molecule has 0 heterocycles. The van der Waals surface area contributed by atoms with Crippen LogP contribution in [0.25, 0.3) is 0 Å². The summed E-state index contributed by atoms with van der Waals surface area (Å²) >= 11 is 0. The topological polar surface area (TPSA) is 69.6 Å². The molecular formula is C10H14N2O3. The van der Waals surface area contributed by atoms with Crippen molar-refractivity contribution in [3.8, 4) is 12.3 Å². The Labute approximate surface area is 88.8 Å². The maximum atomic E-state index is 11.4. The average Bonchev–Trinajstić information content (AvgIpc) is 2.17. The minimum atomic E-state index is -1.08. The molecule has 0 aromatic carbocycles. The van der Waals surface area contributed by atoms with E-state index in [0.717, 1.165) is 4.90 Å². The van der Waals surface area contributed by atoms with Crippen LogP contribution in [0, 0.1) is 12.3 Å². The van der Waals surface area contributed by atoms with E-state index in [1.54, 1.807) is 6.08 Å². The van der Waals surface area contributed by atoms with Crippen molar-refractivity contribution in [2.45, 2.75) is 0 Å². The van der Waals surface area contributed by atoms with Crippen molar-refractivity contribution >= 4 is 11.9 Å². The molecule has 0 atom stereocenters. The molecule has 0 aromatic heterocycles. The molecule has 5 nitrogen and oxygen atoms in total. The van der Waals surface area contributed by atoms with E-state index in [-0.39, 0.29) is 25.5 Å². The van der Waals surface area contributed by atoms with Crippen LogP contribution in [0.5, 0.6) is 0 Å². The molecule has 5 heteroatoms. The first-order chi connectivity index (χ1) is 7.11. The molecule has 82 valence electrons. The lowest BCUT2D eigenvalue weighted by Gasteiger charge is -2.17. The van der Waals surface area contributed by atoms with Crippen molar-refractivity contribution in [3.63, 3.8) is 0 Å². The smallest absolute Gasteiger partial charge is 0.323 e. The molecule has 0 aliphatic rings. The first-order valence-corrected chi connectivity index (χ1v) is 4.36. The molecule has 2 N–H and O–H groups in total. The predicted molar refractivity (Wildman–Crippen MR) is 56.1 cm³/mol. The Hall–Kier alpha value is -1.80. The van der Waals surface area contributed by atoms with Crippen molar-refractivity contribution in [1.29, 1.82) is 0 Å². The van der Waals surface area contributed by atoms with E-state index >= 15 is 0 Å². The Balaban J connectivity index is 4.10. The van der Waals surface area contributed by atoms with E-state index in [1.807, 2.05) is 0 Å². The molecule has 0 saturated heterocycles. The van der Waals surface area contributed by atoms with Gasteiger partial charge in [-0.2, -0.15) is 0 Å². The molecule has 15 heavy (non-hydrogen) atoms. The lowest BCUT2D eigenvalue weighted by molar-refractivity contribution is -0.143. The van der Waals surface area contributed by atoms with Gasteiger partial charge in [0.25, 0.3) is 0 Å². The summed E-state index contributed by atoms with van der Waals surface area (Å²) in [6.45, 7) is 3.64. The van der Waals surface area contributed by atoms with Crippen molar-refractivity contribution < 1.29 is 14.7 Å². The number of carboxylic acid groups (broad SMARTS) is 1. The monoisotopic (exact) mass is 210 g/mol. The summed E-state index contributed by atoms with van der Waals surface area (Å²) in [7, 11) is 0. The largest absolute Gasteiger partial charge is 0.480 e. The summed E-state index contributed by atoms with van der Waals surface area (Å²) in [6, 6.07) is 0. The van der Waals surface area contributed by atoms with E-state index in [2.05, 4.69) is 17.8 Å². The maximum Gasteiger partial charge on any atom is 0.323 e. The van der Waals surface area contributed by atoms with E-state index < -0.39 is 5.97 Å². The van der Waals surface area contributed by atoms with Gasteiger partial charge in [-0.3, -0.25) is 9.59 Å². The lowest BCUT2D eigenvalue weighted by Crippen LogP contribution is -2.41. The molecule has 0 spiro atoms. The summed E-state index contributed by atoms with van der Waals surface area (Å²) in [6.07, 6.45) is 6.63. The zero-order valence-electron chi connectivity index (χ0n) is 8.40. The SMILES string of the molecule is C#CCN(CC(=O)O)C(=O)CNCC=C. The van der Waals surface area contributed by atoms with Crippen LogP contribution in [0.1, 0.15) is 0 Å². The van der Waals surface area contributed by atoms with Crippen LogP contribution in [0.2, 0.25) is 0 Å². The number of nitrogens with zero attached hydrogens (tertiary/aromatic N) is 1. The number of hydrogen-bond acceptors (Lipinski definition) is 3. The minimum Gasteiger partial charge on any atom is -0.480 e. The van der Waals surface area contributed by atoms with Gasteiger partial charge in [0.2, 0.25) is 5.91 Å². The second-order valence-corrected chi connectivity index (χ2v) is 2.77. The molecule has 0 radical (unpaired) electrons. The van der Waals surface area contributed by atoms with Gasteiger partial charge < -0.3 is 15.3 Å². The highest BCUT2D eigenvalue weighted by Crippen LogP contribution is 1.88. The Morgan fingerprint density at radius 3 is 2.73 bits per heavy atom. The number of rotatable bonds is 7. The standard InChI is InChI=1S/C10H14N2O3/c1-3-5-11-7-9(13)12(6-4-2)8-10(14)15/h2-3,11H,1,5-8H2,(H,14,15). The van der Waals surface area contributed by atoms with Gasteiger partial charge in [-0.1, -0.05) is 12.0 Å². The summed E-state index contributed by atoms with van der Waals surface area (Å²) in [4.78, 5) is 22.9. The van der Waals surface area contributed by atoms with E-state index in [9.17, 15) is 9.59 Å². The summed E-state index contributed by atoms with van der Waals surface area (Å²) < 4.78 is 0. The first kappa shape index (κ1) is 13.2. The third-order valence-electron chi connectivity index (χ3n) is 1.53. The number of amides is 1. The number of terminal acetylenes is 1. The van der Waals surface area contributed by atoms with Crippen LogP contribution in [0.15, 0.2) is 12.7 Å². The van der Waals surface area contributed by atoms with Gasteiger partial charge in [-0.05, 0) is 0 Å². The number of aliphatic carboxylic acids is 1. The van der Waals surface area contributed by atoms with Crippen LogP contribution >= 0.6 is 0 Å². The van der Waals surface area contributed by atoms with Gasteiger partial charge in [0.05, 0.1) is 13.1 Å². The Morgan fingerprint density at radius 1 is 1.60 bits per heavy atom. The quantitative estimate of drug-likeness (QED) is 0.331. The Bertz CT molecular complexity index is 281. The fourth-order valence-corrected chi connectivity index (χ4v) is 0.899. The van der Waals surface area contributed by atoms with Gasteiger partial charge in [-0.15, -0.1) is 13.0 Å². The summed E-state index contributed by atoms with van der Waals surface area (Å²) in [5.41, 5.74) is 0. The average molecular weight is 210 g/mol. The second-order valence-electron chi connectivity index (χ2n) is 2.77. The highest BCUT2D eigenvalue weighted by Gasteiger charge is 2.14. The predicted octanol–water partition coefficient (Wildman–Crippen LogP) is -0.692. The number of carbonyl (C=O) groups excluding carboxylic acids is 1. The third-order valence-corrected chi connectivity index (χ3v) is 1.53. The summed E-state index contributed by atoms with van der Waals surface area (Å²) in [5, 5.41) is 11.3. The van der Waals surface area contributed by atoms with Crippen LogP contribution < -0.4 is 5.32 Å². The van der Waals surface area contributed by atoms with Crippen molar-refractivity contribution in [2.24, 2.45) is 0 Å². The number of nitrogens with one attached hydrogen (secondary N) is 1. The van der Waals surface area contributed by atoms with Gasteiger partial charge in [0.15, 0.2) is 0 Å². The molecule has 0 unspecified atom stereocenters. The minimum absolute atomic E-state index is 0.000895. The van der Waals surface area contributed by atoms with Crippen LogP contribution in [-0.4, -0.2) is 48.1 Å². The molecule has 0 aliphatic carbocycles.